The summed E-state index contributed by atoms with van der Waals surface area (Å²) < 4.78 is 0. The minimum absolute atomic E-state index is 0.588. The smallest absolute Gasteiger partial charge is 0.0761 e. The quantitative estimate of drug-likeness (QED) is 0.941. The predicted octanol–water partition coefficient (Wildman–Crippen LogP) is 3.07. The van der Waals surface area contributed by atoms with Crippen molar-refractivity contribution in [2.75, 3.05) is 20.1 Å². The van der Waals surface area contributed by atoms with Crippen molar-refractivity contribution >= 4 is 22.5 Å². The molecule has 1 atom stereocenters. The molecular weight excluding hydrogens is 270 g/mol. The van der Waals surface area contributed by atoms with E-state index in [0.29, 0.717) is 6.04 Å². The van der Waals surface area contributed by atoms with Gasteiger partial charge in [-0.25, -0.2) is 0 Å². The summed E-state index contributed by atoms with van der Waals surface area (Å²) in [5.74, 6) is 0. The molecule has 0 bridgehead atoms. The lowest BCUT2D eigenvalue weighted by molar-refractivity contribution is 0.188. The number of aromatic nitrogens is 1. The molecule has 1 aromatic carbocycles. The fourth-order valence-corrected chi connectivity index (χ4v) is 3.20. The molecule has 0 amide bonds. The van der Waals surface area contributed by atoms with Crippen LogP contribution in [0.4, 0.5) is 0 Å². The largest absolute Gasteiger partial charge is 0.316 e. The number of hydrogen-bond donors (Lipinski definition) is 1. The summed E-state index contributed by atoms with van der Waals surface area (Å²) in [6.45, 7) is 3.10. The summed E-state index contributed by atoms with van der Waals surface area (Å²) in [7, 11) is 2.04. The highest BCUT2D eigenvalue weighted by Crippen LogP contribution is 2.26. The van der Waals surface area contributed by atoms with E-state index in [0.717, 1.165) is 41.1 Å². The van der Waals surface area contributed by atoms with Gasteiger partial charge in [0, 0.05) is 41.3 Å². The Labute approximate surface area is 124 Å². The Balaban J connectivity index is 1.88. The third-order valence-electron chi connectivity index (χ3n) is 4.12. The second kappa shape index (κ2) is 6.08. The van der Waals surface area contributed by atoms with E-state index in [9.17, 15) is 0 Å². The van der Waals surface area contributed by atoms with E-state index < -0.39 is 0 Å². The van der Waals surface area contributed by atoms with E-state index in [4.69, 9.17) is 11.6 Å². The molecule has 1 aliphatic heterocycles. The minimum Gasteiger partial charge on any atom is -0.316 e. The average Bonchev–Trinajstić information content (AvgIpc) is 2.50. The summed E-state index contributed by atoms with van der Waals surface area (Å²) in [4.78, 5) is 6.99. The number of benzene rings is 1. The van der Waals surface area contributed by atoms with E-state index in [1.165, 1.54) is 12.8 Å². The van der Waals surface area contributed by atoms with Gasteiger partial charge in [0.1, 0.15) is 0 Å². The van der Waals surface area contributed by atoms with Crippen LogP contribution in [0.15, 0.2) is 30.5 Å². The monoisotopic (exact) mass is 289 g/mol. The van der Waals surface area contributed by atoms with Gasteiger partial charge in [0.05, 0.1) is 5.52 Å². The van der Waals surface area contributed by atoms with Gasteiger partial charge in [0.2, 0.25) is 0 Å². The molecule has 1 unspecified atom stereocenters. The number of likely N-dealkylation sites (tertiary alicyclic amines) is 1. The molecule has 3 nitrogen and oxygen atoms in total. The predicted molar refractivity (Wildman–Crippen MR) is 84.1 cm³/mol. The zero-order chi connectivity index (χ0) is 13.9. The Morgan fingerprint density at radius 3 is 3.15 bits per heavy atom. The molecule has 1 fully saturated rings. The second-order valence-electron chi connectivity index (χ2n) is 5.46. The van der Waals surface area contributed by atoms with Gasteiger partial charge in [0.25, 0.3) is 0 Å². The van der Waals surface area contributed by atoms with Crippen molar-refractivity contribution in [3.8, 4) is 0 Å². The number of nitrogens with zero attached hydrogens (tertiary/aromatic N) is 2. The Morgan fingerprint density at radius 1 is 1.40 bits per heavy atom. The third-order valence-corrected chi connectivity index (χ3v) is 4.47. The van der Waals surface area contributed by atoms with Crippen molar-refractivity contribution in [1.82, 2.24) is 15.2 Å². The van der Waals surface area contributed by atoms with Crippen molar-refractivity contribution in [2.24, 2.45) is 0 Å². The van der Waals surface area contributed by atoms with Crippen LogP contribution in [-0.2, 0) is 6.54 Å². The summed E-state index contributed by atoms with van der Waals surface area (Å²) in [6, 6.07) is 8.68. The number of fused-ring (bicyclic) bond motifs is 1. The van der Waals surface area contributed by atoms with E-state index in [1.807, 2.05) is 31.4 Å². The Bertz CT molecular complexity index is 599. The lowest BCUT2D eigenvalue weighted by atomic mass is 10.0. The molecule has 1 N–H and O–H groups in total. The van der Waals surface area contributed by atoms with Crippen LogP contribution in [0, 0.1) is 0 Å². The summed E-state index contributed by atoms with van der Waals surface area (Å²) in [6.07, 6.45) is 4.34. The van der Waals surface area contributed by atoms with Crippen LogP contribution >= 0.6 is 11.6 Å². The highest BCUT2D eigenvalue weighted by molar-refractivity contribution is 6.32. The standard InChI is InChI=1S/C16H20ClN3/c1-18-13-5-3-9-20(10-13)11-14-15(17)7-6-12-4-2-8-19-16(12)14/h2,4,6-8,13,18H,3,5,9-11H2,1H3. The van der Waals surface area contributed by atoms with Crippen molar-refractivity contribution in [2.45, 2.75) is 25.4 Å². The molecule has 20 heavy (non-hydrogen) atoms. The second-order valence-corrected chi connectivity index (χ2v) is 5.87. The number of halogens is 1. The number of hydrogen-bond acceptors (Lipinski definition) is 3. The highest BCUT2D eigenvalue weighted by Gasteiger charge is 2.20. The van der Waals surface area contributed by atoms with Crippen LogP contribution in [0.3, 0.4) is 0 Å². The summed E-state index contributed by atoms with van der Waals surface area (Å²) >= 11 is 6.41. The van der Waals surface area contributed by atoms with Gasteiger partial charge in [-0.05, 0) is 38.6 Å². The first-order valence-corrected chi connectivity index (χ1v) is 7.57. The zero-order valence-electron chi connectivity index (χ0n) is 11.8. The minimum atomic E-state index is 0.588. The molecule has 2 heterocycles. The van der Waals surface area contributed by atoms with Crippen LogP contribution in [0.1, 0.15) is 18.4 Å². The maximum absolute atomic E-state index is 6.41. The van der Waals surface area contributed by atoms with Gasteiger partial charge < -0.3 is 5.32 Å². The maximum Gasteiger partial charge on any atom is 0.0761 e. The zero-order valence-corrected chi connectivity index (χ0v) is 12.5. The number of likely N-dealkylation sites (N-methyl/N-ethyl adjacent to an activating group) is 1. The Kier molecular flexibility index (Phi) is 4.20. The molecule has 1 saturated heterocycles. The van der Waals surface area contributed by atoms with E-state index in [1.54, 1.807) is 0 Å². The molecule has 3 rings (SSSR count). The average molecular weight is 290 g/mol. The van der Waals surface area contributed by atoms with Gasteiger partial charge in [-0.15, -0.1) is 0 Å². The van der Waals surface area contributed by atoms with E-state index >= 15 is 0 Å². The van der Waals surface area contributed by atoms with Crippen LogP contribution in [0.2, 0.25) is 5.02 Å². The molecule has 1 aliphatic rings. The number of nitrogens with one attached hydrogen (secondary N) is 1. The molecule has 4 heteroatoms. The highest BCUT2D eigenvalue weighted by atomic mass is 35.5. The SMILES string of the molecule is CNC1CCCN(Cc2c(Cl)ccc3cccnc23)C1. The molecule has 0 radical (unpaired) electrons. The summed E-state index contributed by atoms with van der Waals surface area (Å²) in [5.41, 5.74) is 2.19. The molecule has 106 valence electrons. The first kappa shape index (κ1) is 13.8. The Hall–Kier alpha value is -1.16. The van der Waals surface area contributed by atoms with Gasteiger partial charge >= 0.3 is 0 Å². The molecule has 0 spiro atoms. The molecule has 2 aromatic rings. The van der Waals surface area contributed by atoms with Crippen LogP contribution in [0.25, 0.3) is 10.9 Å². The van der Waals surface area contributed by atoms with Crippen molar-refractivity contribution in [3.63, 3.8) is 0 Å². The van der Waals surface area contributed by atoms with Crippen molar-refractivity contribution in [3.05, 3.63) is 41.0 Å². The Morgan fingerprint density at radius 2 is 2.30 bits per heavy atom. The molecule has 1 aromatic heterocycles. The molecule has 0 saturated carbocycles. The van der Waals surface area contributed by atoms with E-state index in [-0.39, 0.29) is 0 Å². The number of piperidine rings is 1. The van der Waals surface area contributed by atoms with Gasteiger partial charge in [-0.2, -0.15) is 0 Å². The van der Waals surface area contributed by atoms with Crippen molar-refractivity contribution < 1.29 is 0 Å². The molecular formula is C16H20ClN3. The fourth-order valence-electron chi connectivity index (χ4n) is 2.99. The third kappa shape index (κ3) is 2.80. The topological polar surface area (TPSA) is 28.2 Å². The fraction of sp³-hybridized carbons (Fsp3) is 0.438. The summed E-state index contributed by atoms with van der Waals surface area (Å²) in [5, 5.41) is 5.36. The maximum atomic E-state index is 6.41. The van der Waals surface area contributed by atoms with Gasteiger partial charge in [0.15, 0.2) is 0 Å². The van der Waals surface area contributed by atoms with Crippen LogP contribution in [-0.4, -0.2) is 36.1 Å². The van der Waals surface area contributed by atoms with E-state index in [2.05, 4.69) is 21.3 Å². The van der Waals surface area contributed by atoms with Crippen LogP contribution in [0.5, 0.6) is 0 Å². The van der Waals surface area contributed by atoms with Gasteiger partial charge in [-0.1, -0.05) is 23.7 Å². The number of pyridine rings is 1. The van der Waals surface area contributed by atoms with Crippen LogP contribution < -0.4 is 5.32 Å². The molecule has 0 aliphatic carbocycles. The van der Waals surface area contributed by atoms with Crippen molar-refractivity contribution in [1.29, 1.82) is 0 Å². The normalized spacial score (nSPS) is 20.4. The number of rotatable bonds is 3. The van der Waals surface area contributed by atoms with Gasteiger partial charge in [-0.3, -0.25) is 9.88 Å². The lowest BCUT2D eigenvalue weighted by Gasteiger charge is -2.32. The first-order chi connectivity index (χ1) is 9.78. The lowest BCUT2D eigenvalue weighted by Crippen LogP contribution is -2.43. The first-order valence-electron chi connectivity index (χ1n) is 7.19.